The topological polar surface area (TPSA) is 87.7 Å². The lowest BCUT2D eigenvalue weighted by Gasteiger charge is -2.24. The molecule has 1 fully saturated rings. The molecule has 0 aromatic heterocycles. The number of amides is 3. The fourth-order valence-corrected chi connectivity index (χ4v) is 4.28. The first kappa shape index (κ1) is 25.9. The van der Waals surface area contributed by atoms with Crippen LogP contribution in [0.2, 0.25) is 0 Å². The van der Waals surface area contributed by atoms with Crippen molar-refractivity contribution in [3.05, 3.63) is 101 Å². The maximum Gasteiger partial charge on any atom is 0.411 e. The van der Waals surface area contributed by atoms with E-state index in [4.69, 9.17) is 4.74 Å². The number of aryl methyl sites for hydroxylation is 1. The smallest absolute Gasteiger partial charge is 0.411 e. The van der Waals surface area contributed by atoms with Crippen molar-refractivity contribution in [2.75, 3.05) is 11.9 Å². The highest BCUT2D eigenvalue weighted by atomic mass is 16.6. The van der Waals surface area contributed by atoms with Gasteiger partial charge in [-0.2, -0.15) is 0 Å². The minimum absolute atomic E-state index is 0.245. The van der Waals surface area contributed by atoms with Crippen molar-refractivity contribution in [1.29, 1.82) is 0 Å². The Morgan fingerprint density at radius 1 is 0.973 bits per heavy atom. The van der Waals surface area contributed by atoms with Gasteiger partial charge in [-0.3, -0.25) is 14.5 Å². The van der Waals surface area contributed by atoms with Gasteiger partial charge in [-0.25, -0.2) is 4.79 Å². The number of benzene rings is 3. The van der Waals surface area contributed by atoms with Crippen molar-refractivity contribution < 1.29 is 19.1 Å². The molecule has 0 bridgehead atoms. The molecule has 3 aromatic carbocycles. The highest BCUT2D eigenvalue weighted by Gasteiger charge is 2.47. The average molecular weight is 500 g/mol. The molecule has 192 valence electrons. The van der Waals surface area contributed by atoms with Crippen LogP contribution in [0.15, 0.2) is 78.9 Å². The van der Waals surface area contributed by atoms with Crippen LogP contribution in [0.25, 0.3) is 0 Å². The fraction of sp³-hybridized carbons (Fsp3) is 0.300. The SMILES string of the molecule is Cc1ccc(CN2C(=O)O[C@H](c3cccc(NC(=O)c4ccccc4)c3)[C@H]2C(=O)NCCC(C)C)cc1. The molecule has 0 aliphatic carbocycles. The average Bonchev–Trinajstić information content (AvgIpc) is 3.21. The van der Waals surface area contributed by atoms with Gasteiger partial charge in [0.25, 0.3) is 5.91 Å². The fourth-order valence-electron chi connectivity index (χ4n) is 4.28. The molecule has 2 atom stereocenters. The van der Waals surface area contributed by atoms with Gasteiger partial charge in [-0.1, -0.05) is 74.0 Å². The predicted molar refractivity (Wildman–Crippen MR) is 143 cm³/mol. The van der Waals surface area contributed by atoms with E-state index in [0.29, 0.717) is 29.3 Å². The lowest BCUT2D eigenvalue weighted by atomic mass is 9.99. The van der Waals surface area contributed by atoms with Crippen LogP contribution < -0.4 is 10.6 Å². The molecule has 7 heteroatoms. The van der Waals surface area contributed by atoms with Gasteiger partial charge in [0.1, 0.15) is 0 Å². The standard InChI is InChI=1S/C30H33N3O4/c1-20(2)16-17-31-29(35)26-27(37-30(36)33(26)19-22-14-12-21(3)13-15-22)24-10-7-11-25(18-24)32-28(34)23-8-5-4-6-9-23/h4-15,18,20,26-27H,16-17,19H2,1-3H3,(H,31,35)(H,32,34)/t26-,27+/m0/s1. The molecule has 0 spiro atoms. The van der Waals surface area contributed by atoms with Gasteiger partial charge in [-0.05, 0) is 54.7 Å². The number of nitrogens with one attached hydrogen (secondary N) is 2. The second-order valence-electron chi connectivity index (χ2n) is 9.78. The molecule has 0 unspecified atom stereocenters. The highest BCUT2D eigenvalue weighted by Crippen LogP contribution is 2.35. The molecule has 2 N–H and O–H groups in total. The van der Waals surface area contributed by atoms with E-state index in [0.717, 1.165) is 17.5 Å². The van der Waals surface area contributed by atoms with Gasteiger partial charge in [-0.15, -0.1) is 0 Å². The van der Waals surface area contributed by atoms with Gasteiger partial charge in [0.15, 0.2) is 12.1 Å². The van der Waals surface area contributed by atoms with Crippen LogP contribution in [0.3, 0.4) is 0 Å². The van der Waals surface area contributed by atoms with Crippen molar-refractivity contribution in [3.8, 4) is 0 Å². The normalized spacial score (nSPS) is 17.0. The number of carbonyl (C=O) groups is 3. The molecule has 0 saturated carbocycles. The zero-order valence-corrected chi connectivity index (χ0v) is 21.4. The molecule has 3 amide bonds. The Bertz CT molecular complexity index is 1240. The number of rotatable bonds is 9. The first-order chi connectivity index (χ1) is 17.8. The van der Waals surface area contributed by atoms with Crippen molar-refractivity contribution in [2.24, 2.45) is 5.92 Å². The van der Waals surface area contributed by atoms with E-state index < -0.39 is 18.2 Å². The second-order valence-corrected chi connectivity index (χ2v) is 9.78. The Morgan fingerprint density at radius 3 is 2.41 bits per heavy atom. The molecule has 3 aromatic rings. The maximum atomic E-state index is 13.4. The third kappa shape index (κ3) is 6.55. The number of anilines is 1. The van der Waals surface area contributed by atoms with Gasteiger partial charge in [0.2, 0.25) is 5.91 Å². The number of hydrogen-bond donors (Lipinski definition) is 2. The minimum atomic E-state index is -0.846. The zero-order valence-electron chi connectivity index (χ0n) is 21.4. The van der Waals surface area contributed by atoms with Crippen LogP contribution in [0.5, 0.6) is 0 Å². The summed E-state index contributed by atoms with van der Waals surface area (Å²) in [5.74, 6) is -0.0707. The van der Waals surface area contributed by atoms with Crippen LogP contribution in [-0.2, 0) is 16.1 Å². The third-order valence-electron chi connectivity index (χ3n) is 6.36. The number of carbonyl (C=O) groups excluding carboxylic acids is 3. The Kier molecular flexibility index (Phi) is 8.23. The maximum absolute atomic E-state index is 13.4. The summed E-state index contributed by atoms with van der Waals surface area (Å²) in [6, 6.07) is 23.0. The van der Waals surface area contributed by atoms with Crippen LogP contribution in [0.4, 0.5) is 10.5 Å². The molecule has 1 aliphatic rings. The van der Waals surface area contributed by atoms with Gasteiger partial charge in [0, 0.05) is 17.8 Å². The summed E-state index contributed by atoms with van der Waals surface area (Å²) < 4.78 is 5.78. The number of ether oxygens (including phenoxy) is 1. The lowest BCUT2D eigenvalue weighted by molar-refractivity contribution is -0.126. The van der Waals surface area contributed by atoms with Crippen LogP contribution in [0.1, 0.15) is 53.4 Å². The molecule has 1 heterocycles. The summed E-state index contributed by atoms with van der Waals surface area (Å²) in [4.78, 5) is 40.6. The van der Waals surface area contributed by atoms with Gasteiger partial charge in [0.05, 0.1) is 6.54 Å². The molecule has 4 rings (SSSR count). The molecular formula is C30H33N3O4. The van der Waals surface area contributed by atoms with E-state index in [1.54, 1.807) is 48.5 Å². The van der Waals surface area contributed by atoms with E-state index in [-0.39, 0.29) is 18.4 Å². The van der Waals surface area contributed by atoms with Crippen LogP contribution >= 0.6 is 0 Å². The summed E-state index contributed by atoms with van der Waals surface area (Å²) in [7, 11) is 0. The highest BCUT2D eigenvalue weighted by molar-refractivity contribution is 6.04. The first-order valence-electron chi connectivity index (χ1n) is 12.6. The number of hydrogen-bond acceptors (Lipinski definition) is 4. The quantitative estimate of drug-likeness (QED) is 0.409. The zero-order chi connectivity index (χ0) is 26.4. The number of nitrogens with zero attached hydrogens (tertiary/aromatic N) is 1. The van der Waals surface area contributed by atoms with Crippen molar-refractivity contribution >= 4 is 23.6 Å². The van der Waals surface area contributed by atoms with Gasteiger partial charge >= 0.3 is 6.09 Å². The van der Waals surface area contributed by atoms with Crippen LogP contribution in [-0.4, -0.2) is 35.4 Å². The lowest BCUT2D eigenvalue weighted by Crippen LogP contribution is -2.46. The Morgan fingerprint density at radius 2 is 1.70 bits per heavy atom. The minimum Gasteiger partial charge on any atom is -0.438 e. The van der Waals surface area contributed by atoms with Crippen molar-refractivity contribution in [1.82, 2.24) is 10.2 Å². The molecule has 1 saturated heterocycles. The molecular weight excluding hydrogens is 466 g/mol. The summed E-state index contributed by atoms with van der Waals surface area (Å²) in [5, 5.41) is 5.87. The Balaban J connectivity index is 1.58. The van der Waals surface area contributed by atoms with E-state index in [1.807, 2.05) is 37.3 Å². The first-order valence-corrected chi connectivity index (χ1v) is 12.6. The largest absolute Gasteiger partial charge is 0.438 e. The summed E-state index contributed by atoms with van der Waals surface area (Å²) in [6.45, 7) is 6.95. The monoisotopic (exact) mass is 499 g/mol. The molecule has 37 heavy (non-hydrogen) atoms. The Hall–Kier alpha value is -4.13. The van der Waals surface area contributed by atoms with E-state index in [1.165, 1.54) is 4.90 Å². The Labute approximate surface area is 217 Å². The summed E-state index contributed by atoms with van der Waals surface area (Å²) >= 11 is 0. The third-order valence-corrected chi connectivity index (χ3v) is 6.36. The van der Waals surface area contributed by atoms with E-state index in [2.05, 4.69) is 24.5 Å². The van der Waals surface area contributed by atoms with E-state index in [9.17, 15) is 14.4 Å². The summed E-state index contributed by atoms with van der Waals surface area (Å²) in [6.07, 6.45) is -0.532. The second kappa shape index (κ2) is 11.7. The van der Waals surface area contributed by atoms with E-state index >= 15 is 0 Å². The van der Waals surface area contributed by atoms with Gasteiger partial charge < -0.3 is 15.4 Å². The van der Waals surface area contributed by atoms with Crippen LogP contribution in [0, 0.1) is 12.8 Å². The summed E-state index contributed by atoms with van der Waals surface area (Å²) in [5.41, 5.74) is 3.75. The predicted octanol–water partition coefficient (Wildman–Crippen LogP) is 5.47. The van der Waals surface area contributed by atoms with Crippen molar-refractivity contribution in [3.63, 3.8) is 0 Å². The molecule has 7 nitrogen and oxygen atoms in total. The number of cyclic esters (lactones) is 1. The molecule has 0 radical (unpaired) electrons. The molecule has 1 aliphatic heterocycles. The van der Waals surface area contributed by atoms with Crippen molar-refractivity contribution in [2.45, 2.75) is 45.9 Å².